The first-order chi connectivity index (χ1) is 17.2. The van der Waals surface area contributed by atoms with Crippen LogP contribution in [0, 0.1) is 6.92 Å². The van der Waals surface area contributed by atoms with E-state index in [-0.39, 0.29) is 0 Å². The van der Waals surface area contributed by atoms with E-state index in [0.29, 0.717) is 5.75 Å². The Hall–Kier alpha value is -2.62. The van der Waals surface area contributed by atoms with Gasteiger partial charge in [0.25, 0.3) is 0 Å². The molecule has 0 amide bonds. The van der Waals surface area contributed by atoms with Crippen LogP contribution in [0.4, 0.5) is 0 Å². The van der Waals surface area contributed by atoms with E-state index in [9.17, 15) is 5.11 Å². The van der Waals surface area contributed by atoms with Crippen LogP contribution in [-0.4, -0.2) is 36.3 Å². The summed E-state index contributed by atoms with van der Waals surface area (Å²) in [6.45, 7) is 6.88. The molecule has 3 nitrogen and oxygen atoms in total. The van der Waals surface area contributed by atoms with Gasteiger partial charge in [-0.1, -0.05) is 85.6 Å². The van der Waals surface area contributed by atoms with E-state index >= 15 is 0 Å². The molecule has 0 spiro atoms. The highest BCUT2D eigenvalue weighted by atomic mass is 16.5. The van der Waals surface area contributed by atoms with Gasteiger partial charge in [-0.3, -0.25) is 4.90 Å². The fourth-order valence-electron chi connectivity index (χ4n) is 4.44. The molecule has 0 aliphatic rings. The van der Waals surface area contributed by atoms with Crippen LogP contribution in [0.3, 0.4) is 0 Å². The van der Waals surface area contributed by atoms with Gasteiger partial charge in [-0.2, -0.15) is 0 Å². The zero-order chi connectivity index (χ0) is 24.6. The molecule has 0 heterocycles. The molecule has 188 valence electrons. The second-order valence-electron chi connectivity index (χ2n) is 9.60. The highest BCUT2D eigenvalue weighted by molar-refractivity contribution is 5.35. The third-order valence-electron chi connectivity index (χ3n) is 6.59. The minimum Gasteiger partial charge on any atom is -0.508 e. The molecular weight excluding hydrogens is 430 g/mol. The molecule has 3 aromatic carbocycles. The van der Waals surface area contributed by atoms with Gasteiger partial charge in [-0.05, 0) is 80.3 Å². The van der Waals surface area contributed by atoms with Gasteiger partial charge in [0.1, 0.15) is 5.75 Å². The Morgan fingerprint density at radius 1 is 0.629 bits per heavy atom. The van der Waals surface area contributed by atoms with Crippen molar-refractivity contribution >= 4 is 0 Å². The largest absolute Gasteiger partial charge is 0.508 e. The molecule has 3 aromatic rings. The molecule has 0 aliphatic heterocycles. The second kappa shape index (κ2) is 16.1. The maximum absolute atomic E-state index is 9.80. The maximum Gasteiger partial charge on any atom is 0.118 e. The highest BCUT2D eigenvalue weighted by Gasteiger charge is 2.08. The summed E-state index contributed by atoms with van der Waals surface area (Å²) < 4.78 is 5.86. The lowest BCUT2D eigenvalue weighted by molar-refractivity contribution is 0.126. The number of aromatic hydroxyl groups is 1. The molecule has 1 N–H and O–H groups in total. The first-order valence-electron chi connectivity index (χ1n) is 13.4. The van der Waals surface area contributed by atoms with E-state index < -0.39 is 0 Å². The van der Waals surface area contributed by atoms with Crippen molar-refractivity contribution in [3.05, 3.63) is 101 Å². The molecule has 3 heteroatoms. The Morgan fingerprint density at radius 2 is 1.29 bits per heavy atom. The zero-order valence-corrected chi connectivity index (χ0v) is 21.5. The molecule has 0 aliphatic carbocycles. The summed E-state index contributed by atoms with van der Waals surface area (Å²) in [4.78, 5) is 2.57. The topological polar surface area (TPSA) is 32.7 Å². The van der Waals surface area contributed by atoms with Gasteiger partial charge in [0.2, 0.25) is 0 Å². The summed E-state index contributed by atoms with van der Waals surface area (Å²) in [5, 5.41) is 9.80. The Kier molecular flexibility index (Phi) is 12.4. The monoisotopic (exact) mass is 473 g/mol. The normalized spacial score (nSPS) is 11.3. The number of aryl methyl sites for hydroxylation is 2. The van der Waals surface area contributed by atoms with Gasteiger partial charge in [-0.15, -0.1) is 0 Å². The van der Waals surface area contributed by atoms with E-state index in [4.69, 9.17) is 4.74 Å². The molecule has 0 atom stereocenters. The van der Waals surface area contributed by atoms with Crippen LogP contribution in [0.5, 0.6) is 5.75 Å². The highest BCUT2D eigenvalue weighted by Crippen LogP contribution is 2.18. The summed E-state index contributed by atoms with van der Waals surface area (Å²) in [7, 11) is 0. The van der Waals surface area contributed by atoms with Crippen molar-refractivity contribution in [2.24, 2.45) is 0 Å². The van der Waals surface area contributed by atoms with Crippen LogP contribution < -0.4 is 0 Å². The number of rotatable bonds is 17. The van der Waals surface area contributed by atoms with Gasteiger partial charge in [0, 0.05) is 26.3 Å². The van der Waals surface area contributed by atoms with E-state index in [1.165, 1.54) is 42.4 Å². The number of benzene rings is 3. The number of nitrogens with zero attached hydrogens (tertiary/aromatic N) is 1. The van der Waals surface area contributed by atoms with Crippen molar-refractivity contribution in [2.45, 2.75) is 64.8 Å². The Labute approximate surface area is 212 Å². The van der Waals surface area contributed by atoms with Crippen LogP contribution in [0.2, 0.25) is 0 Å². The predicted molar refractivity (Wildman–Crippen MR) is 147 cm³/mol. The SMILES string of the molecule is Cc1cc(CCN(CCCCCCOCCCCc2ccccc2)Cc2ccccc2)ccc1O. The number of phenolic OH excluding ortho intramolecular Hbond substituents is 1. The molecule has 0 saturated heterocycles. The maximum atomic E-state index is 9.80. The zero-order valence-electron chi connectivity index (χ0n) is 21.5. The van der Waals surface area contributed by atoms with Crippen molar-refractivity contribution < 1.29 is 9.84 Å². The molecule has 0 bridgehead atoms. The quantitative estimate of drug-likeness (QED) is 0.208. The Balaban J connectivity index is 1.28. The van der Waals surface area contributed by atoms with Gasteiger partial charge >= 0.3 is 0 Å². The van der Waals surface area contributed by atoms with E-state index in [1.807, 2.05) is 19.1 Å². The molecule has 35 heavy (non-hydrogen) atoms. The van der Waals surface area contributed by atoms with E-state index in [1.54, 1.807) is 0 Å². The average Bonchev–Trinajstić information content (AvgIpc) is 2.89. The minimum absolute atomic E-state index is 0.381. The fraction of sp³-hybridized carbons (Fsp3) is 0.438. The van der Waals surface area contributed by atoms with Crippen LogP contribution >= 0.6 is 0 Å². The second-order valence-corrected chi connectivity index (χ2v) is 9.60. The standard InChI is InChI=1S/C32H43NO2/c1-28-26-30(19-20-32(28)34)21-23-33(27-31-17-8-5-9-18-31)22-11-2-3-12-24-35-25-13-10-16-29-14-6-4-7-15-29/h4-9,14-15,17-20,26,34H,2-3,10-13,16,21-25,27H2,1H3. The van der Waals surface area contributed by atoms with Crippen LogP contribution in [-0.2, 0) is 24.1 Å². The van der Waals surface area contributed by atoms with Crippen molar-refractivity contribution in [3.8, 4) is 5.75 Å². The van der Waals surface area contributed by atoms with Gasteiger partial charge in [0.05, 0.1) is 0 Å². The lowest BCUT2D eigenvalue weighted by atomic mass is 10.1. The summed E-state index contributed by atoms with van der Waals surface area (Å²) in [6.07, 6.45) is 9.36. The van der Waals surface area contributed by atoms with E-state index in [0.717, 1.165) is 64.1 Å². The van der Waals surface area contributed by atoms with Crippen LogP contribution in [0.25, 0.3) is 0 Å². The van der Waals surface area contributed by atoms with Crippen molar-refractivity contribution in [3.63, 3.8) is 0 Å². The molecule has 0 fully saturated rings. The summed E-state index contributed by atoms with van der Waals surface area (Å²) in [6, 6.07) is 27.4. The van der Waals surface area contributed by atoms with Crippen LogP contribution in [0.15, 0.2) is 78.9 Å². The first-order valence-corrected chi connectivity index (χ1v) is 13.4. The summed E-state index contributed by atoms with van der Waals surface area (Å²) in [5.41, 5.74) is 5.04. The molecular formula is C32H43NO2. The summed E-state index contributed by atoms with van der Waals surface area (Å²) >= 11 is 0. The third-order valence-corrected chi connectivity index (χ3v) is 6.59. The lowest BCUT2D eigenvalue weighted by Gasteiger charge is -2.23. The number of phenols is 1. The number of unbranched alkanes of at least 4 members (excludes halogenated alkanes) is 4. The molecule has 0 saturated carbocycles. The van der Waals surface area contributed by atoms with Crippen molar-refractivity contribution in [1.29, 1.82) is 0 Å². The van der Waals surface area contributed by atoms with E-state index in [2.05, 4.69) is 71.6 Å². The summed E-state index contributed by atoms with van der Waals surface area (Å²) in [5.74, 6) is 0.381. The van der Waals surface area contributed by atoms with Gasteiger partial charge in [0.15, 0.2) is 0 Å². The molecule has 0 unspecified atom stereocenters. The van der Waals surface area contributed by atoms with Gasteiger partial charge < -0.3 is 9.84 Å². The molecule has 0 aromatic heterocycles. The third kappa shape index (κ3) is 11.1. The average molecular weight is 474 g/mol. The molecule has 3 rings (SSSR count). The number of hydrogen-bond donors (Lipinski definition) is 1. The lowest BCUT2D eigenvalue weighted by Crippen LogP contribution is -2.27. The fourth-order valence-corrected chi connectivity index (χ4v) is 4.44. The van der Waals surface area contributed by atoms with Gasteiger partial charge in [-0.25, -0.2) is 0 Å². The first kappa shape index (κ1) is 27.0. The van der Waals surface area contributed by atoms with Crippen LogP contribution in [0.1, 0.15) is 60.8 Å². The molecule has 0 radical (unpaired) electrons. The minimum atomic E-state index is 0.381. The predicted octanol–water partition coefficient (Wildman–Crippen LogP) is 7.35. The van der Waals surface area contributed by atoms with Crippen molar-refractivity contribution in [2.75, 3.05) is 26.3 Å². The Bertz CT molecular complexity index is 942. The number of ether oxygens (including phenoxy) is 1. The Morgan fingerprint density at radius 3 is 2.00 bits per heavy atom. The van der Waals surface area contributed by atoms with Crippen molar-refractivity contribution in [1.82, 2.24) is 4.90 Å². The number of hydrogen-bond acceptors (Lipinski definition) is 3. The smallest absolute Gasteiger partial charge is 0.118 e.